The van der Waals surface area contributed by atoms with E-state index in [-0.39, 0.29) is 48.2 Å². The lowest BCUT2D eigenvalue weighted by atomic mass is 9.84. The van der Waals surface area contributed by atoms with Crippen LogP contribution < -0.4 is 15.4 Å². The molecule has 12 heteroatoms. The molecule has 4 aliphatic heterocycles. The highest BCUT2D eigenvalue weighted by Crippen LogP contribution is 2.38. The van der Waals surface area contributed by atoms with Crippen molar-refractivity contribution in [3.8, 4) is 5.75 Å². The molecule has 2 atom stereocenters. The number of amides is 3. The first kappa shape index (κ1) is 29.7. The average Bonchev–Trinajstić information content (AvgIpc) is 3.40. The Morgan fingerprint density at radius 3 is 2.50 bits per heavy atom. The summed E-state index contributed by atoms with van der Waals surface area (Å²) in [6.07, 6.45) is 7.91. The second-order valence-electron chi connectivity index (χ2n) is 12.7. The van der Waals surface area contributed by atoms with Gasteiger partial charge in [0.1, 0.15) is 16.7 Å². The van der Waals surface area contributed by atoms with E-state index in [9.17, 15) is 23.1 Å². The number of aliphatic hydroxyl groups excluding tert-OH is 1. The summed E-state index contributed by atoms with van der Waals surface area (Å²) in [5.41, 5.74) is 0.367. The molecule has 1 aromatic carbocycles. The largest absolute Gasteiger partial charge is 0.492 e. The molecule has 6 rings (SSSR count). The van der Waals surface area contributed by atoms with Gasteiger partial charge in [0.25, 0.3) is 0 Å². The molecule has 1 aromatic rings. The number of likely N-dealkylation sites (tertiary alicyclic amines) is 1. The minimum atomic E-state index is -4.12. The van der Waals surface area contributed by atoms with Gasteiger partial charge in [0.2, 0.25) is 15.9 Å². The highest BCUT2D eigenvalue weighted by atomic mass is 32.2. The molecule has 42 heavy (non-hydrogen) atoms. The fraction of sp³-hybridized carbons (Fsp3) is 0.733. The Morgan fingerprint density at radius 1 is 1.02 bits per heavy atom. The minimum absolute atomic E-state index is 0.0235. The number of aliphatic hydroxyl groups is 1. The number of rotatable bonds is 2. The lowest BCUT2D eigenvalue weighted by Crippen LogP contribution is -2.60. The van der Waals surface area contributed by atoms with Crippen LogP contribution in [-0.2, 0) is 19.6 Å². The van der Waals surface area contributed by atoms with Crippen LogP contribution in [0.25, 0.3) is 0 Å². The Hall–Kier alpha value is -2.41. The van der Waals surface area contributed by atoms with Gasteiger partial charge >= 0.3 is 6.03 Å². The molecule has 0 bridgehead atoms. The molecule has 4 heterocycles. The number of hydrogen-bond acceptors (Lipinski definition) is 7. The Bertz CT molecular complexity index is 1250. The van der Waals surface area contributed by atoms with Crippen LogP contribution in [0.3, 0.4) is 0 Å². The van der Waals surface area contributed by atoms with E-state index in [1.807, 2.05) is 17.0 Å². The maximum absolute atomic E-state index is 13.9. The summed E-state index contributed by atoms with van der Waals surface area (Å²) >= 11 is 0. The Balaban J connectivity index is 1.24. The zero-order valence-electron chi connectivity index (χ0n) is 24.3. The molecule has 0 unspecified atom stereocenters. The molecule has 1 saturated carbocycles. The van der Waals surface area contributed by atoms with Gasteiger partial charge in [-0.1, -0.05) is 25.3 Å². The molecular formula is C30H44N4O7S. The lowest BCUT2D eigenvalue weighted by molar-refractivity contribution is -0.127. The molecule has 0 aromatic heterocycles. The number of hydrogen-bond donors (Lipinski definition) is 3. The monoisotopic (exact) mass is 604 g/mol. The smallest absolute Gasteiger partial charge is 0.317 e. The van der Waals surface area contributed by atoms with E-state index in [1.54, 1.807) is 6.07 Å². The van der Waals surface area contributed by atoms with Crippen LogP contribution in [0.15, 0.2) is 23.1 Å². The molecule has 1 spiro atoms. The van der Waals surface area contributed by atoms with Crippen molar-refractivity contribution in [2.45, 2.75) is 105 Å². The molecule has 3 amide bonds. The molecule has 3 saturated heterocycles. The van der Waals surface area contributed by atoms with Gasteiger partial charge < -0.3 is 30.1 Å². The van der Waals surface area contributed by atoms with Gasteiger partial charge in [0.05, 0.1) is 12.7 Å². The number of sulfonamides is 1. The normalized spacial score (nSPS) is 29.1. The van der Waals surface area contributed by atoms with Crippen LogP contribution in [0.4, 0.5) is 4.79 Å². The summed E-state index contributed by atoms with van der Waals surface area (Å²) < 4.78 is 40.8. The summed E-state index contributed by atoms with van der Waals surface area (Å²) in [5, 5.41) is 16.9. The van der Waals surface area contributed by atoms with Gasteiger partial charge in [-0.2, -0.15) is 4.31 Å². The van der Waals surface area contributed by atoms with E-state index in [2.05, 4.69) is 10.6 Å². The average molecular weight is 605 g/mol. The SMILES string of the molecule is O=C1NC2(CCOc3cc(C4CCOCC4)ccc3S(=O)(=O)N3C[C@H](O)C[C@@H]13)CCN(C(=O)NC1CCCCC1)CC2. The van der Waals surface area contributed by atoms with Gasteiger partial charge in [-0.25, -0.2) is 13.2 Å². The molecule has 11 nitrogen and oxygen atoms in total. The quantitative estimate of drug-likeness (QED) is 0.472. The van der Waals surface area contributed by atoms with Crippen molar-refractivity contribution in [3.63, 3.8) is 0 Å². The first-order chi connectivity index (χ1) is 20.2. The summed E-state index contributed by atoms with van der Waals surface area (Å²) in [6.45, 7) is 2.38. The summed E-state index contributed by atoms with van der Waals surface area (Å²) in [7, 11) is -4.12. The molecule has 4 fully saturated rings. The molecule has 3 N–H and O–H groups in total. The fourth-order valence-electron chi connectivity index (χ4n) is 7.34. The van der Waals surface area contributed by atoms with Crippen LogP contribution in [-0.4, -0.2) is 97.8 Å². The predicted octanol–water partition coefficient (Wildman–Crippen LogP) is 2.48. The number of nitrogens with one attached hydrogen (secondary N) is 2. The number of ether oxygens (including phenoxy) is 2. The highest BCUT2D eigenvalue weighted by Gasteiger charge is 2.47. The number of nitrogens with zero attached hydrogens (tertiary/aromatic N) is 2. The van der Waals surface area contributed by atoms with Crippen molar-refractivity contribution < 1.29 is 32.6 Å². The minimum Gasteiger partial charge on any atom is -0.492 e. The molecule has 5 aliphatic rings. The second kappa shape index (κ2) is 12.3. The van der Waals surface area contributed by atoms with Gasteiger partial charge in [-0.15, -0.1) is 0 Å². The number of piperidine rings is 1. The first-order valence-corrected chi connectivity index (χ1v) is 17.1. The van der Waals surface area contributed by atoms with Crippen LogP contribution in [0.1, 0.15) is 82.1 Å². The second-order valence-corrected chi connectivity index (χ2v) is 14.6. The van der Waals surface area contributed by atoms with Crippen LogP contribution >= 0.6 is 0 Å². The van der Waals surface area contributed by atoms with Crippen molar-refractivity contribution in [1.82, 2.24) is 19.8 Å². The molecule has 1 aliphatic carbocycles. The number of benzene rings is 1. The number of fused-ring (bicyclic) bond motifs is 2. The van der Waals surface area contributed by atoms with E-state index in [4.69, 9.17) is 9.47 Å². The third kappa shape index (κ3) is 6.13. The molecule has 0 radical (unpaired) electrons. The topological polar surface area (TPSA) is 138 Å². The lowest BCUT2D eigenvalue weighted by Gasteiger charge is -2.43. The van der Waals surface area contributed by atoms with E-state index < -0.39 is 33.6 Å². The van der Waals surface area contributed by atoms with Crippen LogP contribution in [0, 0.1) is 0 Å². The van der Waals surface area contributed by atoms with Crippen molar-refractivity contribution in [1.29, 1.82) is 0 Å². The highest BCUT2D eigenvalue weighted by molar-refractivity contribution is 7.89. The van der Waals surface area contributed by atoms with Gasteiger partial charge in [0, 0.05) is 57.3 Å². The van der Waals surface area contributed by atoms with Crippen molar-refractivity contribution in [3.05, 3.63) is 23.8 Å². The zero-order chi connectivity index (χ0) is 29.3. The maximum Gasteiger partial charge on any atom is 0.317 e. The van der Waals surface area contributed by atoms with Gasteiger partial charge in [-0.05, 0) is 62.1 Å². The van der Waals surface area contributed by atoms with E-state index in [0.717, 1.165) is 48.4 Å². The first-order valence-electron chi connectivity index (χ1n) is 15.7. The van der Waals surface area contributed by atoms with Crippen LogP contribution in [0.5, 0.6) is 5.75 Å². The van der Waals surface area contributed by atoms with E-state index in [1.165, 1.54) is 6.42 Å². The molecular weight excluding hydrogens is 560 g/mol. The Kier molecular flexibility index (Phi) is 8.68. The zero-order valence-corrected chi connectivity index (χ0v) is 25.1. The van der Waals surface area contributed by atoms with E-state index in [0.29, 0.717) is 45.6 Å². The number of carbonyl (C=O) groups is 2. The fourth-order valence-corrected chi connectivity index (χ4v) is 9.09. The number of urea groups is 1. The summed E-state index contributed by atoms with van der Waals surface area (Å²) in [5.74, 6) is 0.138. The van der Waals surface area contributed by atoms with Crippen molar-refractivity contribution >= 4 is 22.0 Å². The third-order valence-electron chi connectivity index (χ3n) is 9.95. The predicted molar refractivity (Wildman–Crippen MR) is 155 cm³/mol. The van der Waals surface area contributed by atoms with Gasteiger partial charge in [0.15, 0.2) is 0 Å². The van der Waals surface area contributed by atoms with Gasteiger partial charge in [-0.3, -0.25) is 4.79 Å². The third-order valence-corrected chi connectivity index (χ3v) is 11.9. The van der Waals surface area contributed by atoms with Crippen molar-refractivity contribution in [2.24, 2.45) is 0 Å². The summed E-state index contributed by atoms with van der Waals surface area (Å²) in [4.78, 5) is 28.6. The number of carbonyl (C=O) groups excluding carboxylic acids is 2. The Morgan fingerprint density at radius 2 is 1.76 bits per heavy atom. The van der Waals surface area contributed by atoms with E-state index >= 15 is 0 Å². The maximum atomic E-state index is 13.9. The summed E-state index contributed by atoms with van der Waals surface area (Å²) in [6, 6.07) is 4.42. The van der Waals surface area contributed by atoms with Crippen LogP contribution in [0.2, 0.25) is 0 Å². The Labute approximate surface area is 248 Å². The molecule has 232 valence electrons. The van der Waals surface area contributed by atoms with Crippen molar-refractivity contribution in [2.75, 3.05) is 39.5 Å². The standard InChI is InChI=1S/C30H44N4O7S/c35-24-19-25-28(36)32-30(10-13-33(14-11-30)29(37)31-23-4-2-1-3-5-23)12-17-41-26-18-22(21-8-15-40-16-9-21)6-7-27(26)42(38,39)34(25)20-24/h6-7,18,21,23-25,35H,1-5,8-17,19-20H2,(H,31,37)(H,32,36)/t24-,25+/m1/s1.